The Kier molecular flexibility index (Phi) is 4.31. The summed E-state index contributed by atoms with van der Waals surface area (Å²) >= 11 is 5.44. The van der Waals surface area contributed by atoms with Crippen LogP contribution in [0.5, 0.6) is 0 Å². The predicted octanol–water partition coefficient (Wildman–Crippen LogP) is 3.17. The fraction of sp³-hybridized carbons (Fsp3) is 0.286. The lowest BCUT2D eigenvalue weighted by Crippen LogP contribution is -1.80. The molecule has 0 spiro atoms. The molecule has 10 heteroatoms. The van der Waals surface area contributed by atoms with Crippen LogP contribution in [-0.4, -0.2) is 25.9 Å². The van der Waals surface area contributed by atoms with Gasteiger partial charge in [0.2, 0.25) is 0 Å². The van der Waals surface area contributed by atoms with Gasteiger partial charge in [0.25, 0.3) is 0 Å². The Morgan fingerprint density at radius 3 is 2.76 bits per heavy atom. The van der Waals surface area contributed by atoms with Crippen LogP contribution >= 0.6 is 46.2 Å². The smallest absolute Gasteiger partial charge is 0.257 e. The van der Waals surface area contributed by atoms with Gasteiger partial charge in [-0.15, -0.1) is 10.2 Å². The first-order valence-corrected chi connectivity index (χ1v) is 7.87. The van der Waals surface area contributed by atoms with Crippen LogP contribution in [0.15, 0.2) is 19.2 Å². The number of aromatic nitrogens is 3. The Bertz CT molecular complexity index is 525. The van der Waals surface area contributed by atoms with Crippen LogP contribution in [0.3, 0.4) is 0 Å². The Hall–Kier alpha value is -0.710. The molecular formula is C7H6N4O2S4. The Balaban J connectivity index is 2.05. The Labute approximate surface area is 113 Å². The molecule has 0 aliphatic carbocycles. The molecule has 0 bridgehead atoms. The zero-order valence-corrected chi connectivity index (χ0v) is 11.8. The van der Waals surface area contributed by atoms with E-state index in [9.17, 15) is 10.1 Å². The van der Waals surface area contributed by atoms with Crippen LogP contribution in [0, 0.1) is 10.1 Å². The van der Waals surface area contributed by atoms with Gasteiger partial charge in [0.1, 0.15) is 6.20 Å². The summed E-state index contributed by atoms with van der Waals surface area (Å²) in [4.78, 5) is 14.0. The van der Waals surface area contributed by atoms with Crippen molar-refractivity contribution in [3.8, 4) is 0 Å². The van der Waals surface area contributed by atoms with Gasteiger partial charge in [-0.3, -0.25) is 10.1 Å². The van der Waals surface area contributed by atoms with Crippen molar-refractivity contribution in [3.63, 3.8) is 0 Å². The molecule has 0 aromatic carbocycles. The van der Waals surface area contributed by atoms with Crippen molar-refractivity contribution in [2.24, 2.45) is 0 Å². The number of hydrogen-bond acceptors (Lipinski definition) is 9. The van der Waals surface area contributed by atoms with Gasteiger partial charge in [-0.05, 0) is 28.9 Å². The van der Waals surface area contributed by atoms with Crippen LogP contribution in [0.4, 0.5) is 5.00 Å². The quantitative estimate of drug-likeness (QED) is 0.476. The van der Waals surface area contributed by atoms with E-state index in [1.807, 2.05) is 6.92 Å². The van der Waals surface area contributed by atoms with Crippen molar-refractivity contribution < 1.29 is 4.92 Å². The summed E-state index contributed by atoms with van der Waals surface area (Å²) in [5.41, 5.74) is 0. The van der Waals surface area contributed by atoms with Crippen LogP contribution in [0.2, 0.25) is 0 Å². The second kappa shape index (κ2) is 5.76. The Morgan fingerprint density at radius 1 is 1.35 bits per heavy atom. The van der Waals surface area contributed by atoms with Crippen LogP contribution in [0.25, 0.3) is 0 Å². The number of hydrogen-bond donors (Lipinski definition) is 0. The lowest BCUT2D eigenvalue weighted by molar-refractivity contribution is -0.380. The average molecular weight is 306 g/mol. The first kappa shape index (κ1) is 12.7. The summed E-state index contributed by atoms with van der Waals surface area (Å²) < 4.78 is 2.27. The van der Waals surface area contributed by atoms with E-state index >= 15 is 0 Å². The molecule has 0 fully saturated rings. The molecule has 90 valence electrons. The van der Waals surface area contributed by atoms with Crippen molar-refractivity contribution in [2.45, 2.75) is 19.9 Å². The van der Waals surface area contributed by atoms with E-state index in [1.165, 1.54) is 29.3 Å². The molecule has 0 amide bonds. The molecule has 0 saturated carbocycles. The van der Waals surface area contributed by atoms with Gasteiger partial charge < -0.3 is 0 Å². The Morgan fingerprint density at radius 2 is 2.12 bits per heavy atom. The van der Waals surface area contributed by atoms with Gasteiger partial charge in [-0.25, -0.2) is 4.98 Å². The highest BCUT2D eigenvalue weighted by Crippen LogP contribution is 2.37. The van der Waals surface area contributed by atoms with Crippen molar-refractivity contribution in [3.05, 3.63) is 16.3 Å². The molecule has 2 heterocycles. The van der Waals surface area contributed by atoms with Crippen LogP contribution in [0.1, 0.15) is 6.92 Å². The standard InChI is InChI=1S/C7H6N4O2S4/c1-2-14-6-9-10-7(17-6)16-5-8-3-4(15-5)11(12)13/h3H,2H2,1H3. The van der Waals surface area contributed by atoms with E-state index in [4.69, 9.17) is 0 Å². The van der Waals surface area contributed by atoms with E-state index in [0.29, 0.717) is 4.34 Å². The van der Waals surface area contributed by atoms with Gasteiger partial charge in [0, 0.05) is 0 Å². The van der Waals surface area contributed by atoms with Gasteiger partial charge in [0.15, 0.2) is 13.0 Å². The molecule has 0 radical (unpaired) electrons. The number of nitrogens with zero attached hydrogens (tertiary/aromatic N) is 4. The molecule has 0 atom stereocenters. The summed E-state index contributed by atoms with van der Waals surface area (Å²) in [6.07, 6.45) is 1.26. The van der Waals surface area contributed by atoms with E-state index in [-0.39, 0.29) is 5.00 Å². The first-order chi connectivity index (χ1) is 8.19. The lowest BCUT2D eigenvalue weighted by atomic mass is 10.9. The lowest BCUT2D eigenvalue weighted by Gasteiger charge is -1.87. The number of nitro groups is 1. The maximum absolute atomic E-state index is 10.5. The SMILES string of the molecule is CCSc1nnc(Sc2ncc([N+](=O)[O-])s2)s1. The van der Waals surface area contributed by atoms with E-state index in [1.54, 1.807) is 11.8 Å². The van der Waals surface area contributed by atoms with Gasteiger partial charge >= 0.3 is 5.00 Å². The second-order valence-corrected chi connectivity index (χ2v) is 7.58. The minimum atomic E-state index is -0.444. The molecule has 0 saturated heterocycles. The molecular weight excluding hydrogens is 300 g/mol. The molecule has 17 heavy (non-hydrogen) atoms. The summed E-state index contributed by atoms with van der Waals surface area (Å²) in [6.45, 7) is 2.04. The zero-order chi connectivity index (χ0) is 12.3. The maximum atomic E-state index is 10.5. The summed E-state index contributed by atoms with van der Waals surface area (Å²) in [5.74, 6) is 0.946. The minimum absolute atomic E-state index is 0.0418. The highest BCUT2D eigenvalue weighted by molar-refractivity contribution is 8.04. The van der Waals surface area contributed by atoms with E-state index in [2.05, 4.69) is 15.2 Å². The summed E-state index contributed by atoms with van der Waals surface area (Å²) in [6, 6.07) is 0. The van der Waals surface area contributed by atoms with E-state index < -0.39 is 4.92 Å². The van der Waals surface area contributed by atoms with Crippen molar-refractivity contribution in [1.82, 2.24) is 15.2 Å². The predicted molar refractivity (Wildman–Crippen MR) is 69.2 cm³/mol. The maximum Gasteiger partial charge on any atom is 0.344 e. The third-order valence-corrected chi connectivity index (χ3v) is 5.50. The number of thioether (sulfide) groups is 1. The average Bonchev–Trinajstić information content (AvgIpc) is 2.89. The van der Waals surface area contributed by atoms with Gasteiger partial charge in [-0.2, -0.15) is 0 Å². The summed E-state index contributed by atoms with van der Waals surface area (Å²) in [7, 11) is 0. The molecule has 2 aromatic heterocycles. The molecule has 0 N–H and O–H groups in total. The first-order valence-electron chi connectivity index (χ1n) is 4.43. The van der Waals surface area contributed by atoms with Crippen molar-refractivity contribution in [2.75, 3.05) is 5.75 Å². The van der Waals surface area contributed by atoms with Crippen LogP contribution < -0.4 is 0 Å². The fourth-order valence-electron chi connectivity index (χ4n) is 0.877. The van der Waals surface area contributed by atoms with Crippen molar-refractivity contribution in [1.29, 1.82) is 0 Å². The molecule has 2 aromatic rings. The monoisotopic (exact) mass is 306 g/mol. The van der Waals surface area contributed by atoms with E-state index in [0.717, 1.165) is 25.8 Å². The molecule has 0 aliphatic rings. The zero-order valence-electron chi connectivity index (χ0n) is 8.52. The van der Waals surface area contributed by atoms with Crippen molar-refractivity contribution >= 4 is 51.2 Å². The third-order valence-electron chi connectivity index (χ3n) is 1.48. The summed E-state index contributed by atoms with van der Waals surface area (Å²) in [5, 5.41) is 18.5. The largest absolute Gasteiger partial charge is 0.344 e. The number of thiazole rings is 1. The molecule has 6 nitrogen and oxygen atoms in total. The second-order valence-electron chi connectivity index (χ2n) is 2.59. The normalized spacial score (nSPS) is 10.6. The fourth-order valence-corrected chi connectivity index (χ4v) is 4.78. The highest BCUT2D eigenvalue weighted by Gasteiger charge is 2.14. The van der Waals surface area contributed by atoms with Gasteiger partial charge in [-0.1, -0.05) is 30.0 Å². The minimum Gasteiger partial charge on any atom is -0.257 e. The highest BCUT2D eigenvalue weighted by atomic mass is 32.2. The molecule has 0 aliphatic heterocycles. The third kappa shape index (κ3) is 3.37. The topological polar surface area (TPSA) is 81.8 Å². The van der Waals surface area contributed by atoms with Gasteiger partial charge in [0.05, 0.1) is 4.92 Å². The molecule has 2 rings (SSSR count). The molecule has 0 unspecified atom stereocenters. The number of rotatable bonds is 5. The van der Waals surface area contributed by atoms with Crippen LogP contribution in [-0.2, 0) is 0 Å².